The third kappa shape index (κ3) is 3.69. The molecule has 2 rings (SSSR count). The Hall–Kier alpha value is -0.610. The minimum absolute atomic E-state index is 0.0284. The molecular weight excluding hydrogens is 226 g/mol. The molecular formula is C14H27N3O. The number of likely N-dealkylation sites (N-methyl/N-ethyl adjacent to an activating group) is 1. The number of carbonyl (C=O) groups excluding carboxylic acids is 1. The summed E-state index contributed by atoms with van der Waals surface area (Å²) in [5.74, 6) is 0.228. The van der Waals surface area contributed by atoms with E-state index in [-0.39, 0.29) is 11.9 Å². The van der Waals surface area contributed by atoms with Crippen molar-refractivity contribution in [3.05, 3.63) is 0 Å². The van der Waals surface area contributed by atoms with E-state index in [4.69, 9.17) is 0 Å². The molecule has 0 radical (unpaired) electrons. The Morgan fingerprint density at radius 2 is 1.72 bits per heavy atom. The van der Waals surface area contributed by atoms with Crippen LogP contribution in [0.1, 0.15) is 39.0 Å². The largest absolute Gasteiger partial charge is 0.352 e. The third-order valence-electron chi connectivity index (χ3n) is 4.42. The second-order valence-corrected chi connectivity index (χ2v) is 5.86. The first-order valence-corrected chi connectivity index (χ1v) is 7.40. The molecule has 1 N–H and O–H groups in total. The van der Waals surface area contributed by atoms with Crippen LogP contribution in [0.2, 0.25) is 0 Å². The van der Waals surface area contributed by atoms with Gasteiger partial charge in [0.25, 0.3) is 0 Å². The Morgan fingerprint density at radius 3 is 2.33 bits per heavy atom. The number of rotatable bonds is 3. The first-order chi connectivity index (χ1) is 8.66. The Kier molecular flexibility index (Phi) is 5.01. The van der Waals surface area contributed by atoms with Crippen LogP contribution in [0.4, 0.5) is 0 Å². The lowest BCUT2D eigenvalue weighted by Crippen LogP contribution is -2.54. The smallest absolute Gasteiger partial charge is 0.237 e. The summed E-state index contributed by atoms with van der Waals surface area (Å²) in [6.45, 7) is 6.21. The third-order valence-corrected chi connectivity index (χ3v) is 4.42. The molecule has 0 aromatic heterocycles. The standard InChI is InChI=1S/C14H27N3O/c1-12(17-10-8-16(2)9-11-17)14(18)15-13-6-4-3-5-7-13/h12-13H,3-11H2,1-2H3,(H,15,18)/t12-/m1/s1. The number of carbonyl (C=O) groups is 1. The lowest BCUT2D eigenvalue weighted by atomic mass is 9.95. The minimum Gasteiger partial charge on any atom is -0.352 e. The predicted octanol–water partition coefficient (Wildman–Crippen LogP) is 1.07. The van der Waals surface area contributed by atoms with Crippen LogP contribution < -0.4 is 5.32 Å². The van der Waals surface area contributed by atoms with Crippen molar-refractivity contribution in [2.24, 2.45) is 0 Å². The molecule has 4 nitrogen and oxygen atoms in total. The van der Waals surface area contributed by atoms with Crippen molar-refractivity contribution in [2.45, 2.75) is 51.1 Å². The molecule has 0 aromatic carbocycles. The molecule has 104 valence electrons. The van der Waals surface area contributed by atoms with Crippen LogP contribution in [0.15, 0.2) is 0 Å². The molecule has 1 heterocycles. The second-order valence-electron chi connectivity index (χ2n) is 5.86. The Morgan fingerprint density at radius 1 is 1.11 bits per heavy atom. The summed E-state index contributed by atoms with van der Waals surface area (Å²) < 4.78 is 0. The fourth-order valence-corrected chi connectivity index (χ4v) is 2.94. The van der Waals surface area contributed by atoms with Crippen LogP contribution in [0.3, 0.4) is 0 Å². The molecule has 1 aliphatic carbocycles. The van der Waals surface area contributed by atoms with Crippen LogP contribution in [0, 0.1) is 0 Å². The molecule has 2 fully saturated rings. The normalized spacial score (nSPS) is 25.9. The van der Waals surface area contributed by atoms with E-state index in [9.17, 15) is 4.79 Å². The van der Waals surface area contributed by atoms with Crippen LogP contribution in [-0.2, 0) is 4.79 Å². The van der Waals surface area contributed by atoms with Crippen molar-refractivity contribution >= 4 is 5.91 Å². The highest BCUT2D eigenvalue weighted by molar-refractivity contribution is 5.81. The van der Waals surface area contributed by atoms with Gasteiger partial charge in [0.1, 0.15) is 0 Å². The van der Waals surface area contributed by atoms with Crippen LogP contribution in [0.5, 0.6) is 0 Å². The van der Waals surface area contributed by atoms with Crippen LogP contribution in [-0.4, -0.2) is 61.0 Å². The Balaban J connectivity index is 1.77. The van der Waals surface area contributed by atoms with Crippen molar-refractivity contribution in [3.63, 3.8) is 0 Å². The van der Waals surface area contributed by atoms with Crippen molar-refractivity contribution in [3.8, 4) is 0 Å². The number of piperazine rings is 1. The van der Waals surface area contributed by atoms with Gasteiger partial charge in [-0.05, 0) is 26.8 Å². The second kappa shape index (κ2) is 6.53. The van der Waals surface area contributed by atoms with E-state index in [1.54, 1.807) is 0 Å². The van der Waals surface area contributed by atoms with E-state index in [0.29, 0.717) is 6.04 Å². The lowest BCUT2D eigenvalue weighted by molar-refractivity contribution is -0.127. The van der Waals surface area contributed by atoms with Gasteiger partial charge >= 0.3 is 0 Å². The zero-order valence-electron chi connectivity index (χ0n) is 11.8. The van der Waals surface area contributed by atoms with E-state index in [1.165, 1.54) is 32.1 Å². The minimum atomic E-state index is 0.0284. The van der Waals surface area contributed by atoms with E-state index >= 15 is 0 Å². The first-order valence-electron chi connectivity index (χ1n) is 7.40. The van der Waals surface area contributed by atoms with Gasteiger partial charge in [0.15, 0.2) is 0 Å². The van der Waals surface area contributed by atoms with Gasteiger partial charge in [-0.25, -0.2) is 0 Å². The summed E-state index contributed by atoms with van der Waals surface area (Å²) in [6, 6.07) is 0.460. The van der Waals surface area contributed by atoms with Crippen molar-refractivity contribution in [2.75, 3.05) is 33.2 Å². The van der Waals surface area contributed by atoms with Crippen molar-refractivity contribution in [1.82, 2.24) is 15.1 Å². The molecule has 1 atom stereocenters. The summed E-state index contributed by atoms with van der Waals surface area (Å²) in [5.41, 5.74) is 0. The van der Waals surface area contributed by atoms with Gasteiger partial charge in [0, 0.05) is 32.2 Å². The van der Waals surface area contributed by atoms with Gasteiger partial charge < -0.3 is 10.2 Å². The summed E-state index contributed by atoms with van der Waals surface area (Å²) in [7, 11) is 2.14. The van der Waals surface area contributed by atoms with Gasteiger partial charge in [0.2, 0.25) is 5.91 Å². The topological polar surface area (TPSA) is 35.6 Å². The van der Waals surface area contributed by atoms with E-state index in [1.807, 2.05) is 6.92 Å². The molecule has 0 aromatic rings. The maximum atomic E-state index is 12.2. The molecule has 0 unspecified atom stereocenters. The molecule has 4 heteroatoms. The SMILES string of the molecule is C[C@H](C(=O)NC1CCCCC1)N1CCN(C)CC1. The molecule has 1 saturated carbocycles. The van der Waals surface area contributed by atoms with Crippen molar-refractivity contribution < 1.29 is 4.79 Å². The first kappa shape index (κ1) is 13.8. The summed E-state index contributed by atoms with van der Waals surface area (Å²) in [6.07, 6.45) is 6.21. The summed E-state index contributed by atoms with van der Waals surface area (Å²) >= 11 is 0. The zero-order chi connectivity index (χ0) is 13.0. The molecule has 0 bridgehead atoms. The van der Waals surface area contributed by atoms with Crippen LogP contribution >= 0.6 is 0 Å². The lowest BCUT2D eigenvalue weighted by Gasteiger charge is -2.36. The van der Waals surface area contributed by atoms with E-state index in [0.717, 1.165) is 26.2 Å². The number of nitrogens with one attached hydrogen (secondary N) is 1. The highest BCUT2D eigenvalue weighted by Gasteiger charge is 2.26. The molecule has 0 spiro atoms. The zero-order valence-corrected chi connectivity index (χ0v) is 11.8. The summed E-state index contributed by atoms with van der Waals surface area (Å²) in [5, 5.41) is 3.23. The predicted molar refractivity (Wildman–Crippen MR) is 73.5 cm³/mol. The van der Waals surface area contributed by atoms with Gasteiger partial charge in [-0.15, -0.1) is 0 Å². The fourth-order valence-electron chi connectivity index (χ4n) is 2.94. The van der Waals surface area contributed by atoms with E-state index < -0.39 is 0 Å². The number of amides is 1. The Bertz CT molecular complexity index is 268. The number of hydrogen-bond donors (Lipinski definition) is 1. The highest BCUT2D eigenvalue weighted by Crippen LogP contribution is 2.17. The number of nitrogens with zero attached hydrogens (tertiary/aromatic N) is 2. The molecule has 1 aliphatic heterocycles. The maximum absolute atomic E-state index is 12.2. The van der Waals surface area contributed by atoms with Gasteiger partial charge in [-0.2, -0.15) is 0 Å². The summed E-state index contributed by atoms with van der Waals surface area (Å²) in [4.78, 5) is 16.9. The van der Waals surface area contributed by atoms with Crippen LogP contribution in [0.25, 0.3) is 0 Å². The molecule has 1 amide bonds. The average molecular weight is 253 g/mol. The monoisotopic (exact) mass is 253 g/mol. The molecule has 1 saturated heterocycles. The number of hydrogen-bond acceptors (Lipinski definition) is 3. The highest BCUT2D eigenvalue weighted by atomic mass is 16.2. The van der Waals surface area contributed by atoms with Crippen molar-refractivity contribution in [1.29, 1.82) is 0 Å². The average Bonchev–Trinajstić information content (AvgIpc) is 2.40. The van der Waals surface area contributed by atoms with E-state index in [2.05, 4.69) is 22.2 Å². The van der Waals surface area contributed by atoms with Gasteiger partial charge in [-0.3, -0.25) is 9.69 Å². The quantitative estimate of drug-likeness (QED) is 0.817. The maximum Gasteiger partial charge on any atom is 0.237 e. The molecule has 2 aliphatic rings. The fraction of sp³-hybridized carbons (Fsp3) is 0.929. The molecule has 18 heavy (non-hydrogen) atoms. The van der Waals surface area contributed by atoms with Gasteiger partial charge in [0.05, 0.1) is 6.04 Å². The van der Waals surface area contributed by atoms with Gasteiger partial charge in [-0.1, -0.05) is 19.3 Å². The Labute approximate surface area is 111 Å².